The van der Waals surface area contributed by atoms with Gasteiger partial charge in [0.05, 0.1) is 0 Å². The predicted molar refractivity (Wildman–Crippen MR) is 68.8 cm³/mol. The van der Waals surface area contributed by atoms with Crippen molar-refractivity contribution >= 4 is 40.0 Å². The molecule has 1 aromatic carbocycles. The molecule has 2 aromatic rings. The van der Waals surface area contributed by atoms with E-state index in [0.29, 0.717) is 16.6 Å². The van der Waals surface area contributed by atoms with Crippen molar-refractivity contribution in [1.82, 2.24) is 5.16 Å². The van der Waals surface area contributed by atoms with Crippen molar-refractivity contribution in [1.29, 1.82) is 0 Å². The van der Waals surface area contributed by atoms with E-state index in [-0.39, 0.29) is 0 Å². The number of nitrogens with two attached hydrogens (primary N) is 1. The summed E-state index contributed by atoms with van der Waals surface area (Å²) in [4.78, 5) is 0. The standard InChI is InChI=1S/C10H8ClIN2O/c1-5-9(15-14-10(5)13)7-4-6(11)2-3-8(7)12/h2-4H,1H3,(H2,13,14). The summed E-state index contributed by atoms with van der Waals surface area (Å²) in [7, 11) is 0. The summed E-state index contributed by atoms with van der Waals surface area (Å²) in [6.45, 7) is 1.87. The Morgan fingerprint density at radius 1 is 1.47 bits per heavy atom. The van der Waals surface area contributed by atoms with E-state index in [9.17, 15) is 0 Å². The van der Waals surface area contributed by atoms with Crippen LogP contribution < -0.4 is 5.73 Å². The molecule has 0 aliphatic rings. The molecule has 0 aliphatic heterocycles. The molecule has 1 aromatic heterocycles. The second kappa shape index (κ2) is 4.02. The highest BCUT2D eigenvalue weighted by Crippen LogP contribution is 2.32. The molecule has 0 bridgehead atoms. The molecule has 0 aliphatic carbocycles. The fourth-order valence-corrected chi connectivity index (χ4v) is 2.02. The van der Waals surface area contributed by atoms with Gasteiger partial charge in [0.15, 0.2) is 11.6 Å². The molecule has 0 spiro atoms. The zero-order valence-corrected chi connectivity index (χ0v) is 10.8. The van der Waals surface area contributed by atoms with Gasteiger partial charge in [0, 0.05) is 19.7 Å². The highest BCUT2D eigenvalue weighted by atomic mass is 127. The van der Waals surface area contributed by atoms with E-state index in [0.717, 1.165) is 14.7 Å². The quantitative estimate of drug-likeness (QED) is 0.812. The molecule has 2 N–H and O–H groups in total. The molecular formula is C10H8ClIN2O. The third-order valence-corrected chi connectivity index (χ3v) is 3.31. The van der Waals surface area contributed by atoms with Gasteiger partial charge in [0.25, 0.3) is 0 Å². The number of hydrogen-bond donors (Lipinski definition) is 1. The van der Waals surface area contributed by atoms with E-state index in [1.165, 1.54) is 0 Å². The highest BCUT2D eigenvalue weighted by molar-refractivity contribution is 14.1. The molecule has 78 valence electrons. The van der Waals surface area contributed by atoms with E-state index in [1.54, 1.807) is 0 Å². The van der Waals surface area contributed by atoms with Crippen molar-refractivity contribution in [2.75, 3.05) is 5.73 Å². The van der Waals surface area contributed by atoms with Crippen molar-refractivity contribution in [3.8, 4) is 11.3 Å². The molecular weight excluding hydrogens is 326 g/mol. The SMILES string of the molecule is Cc1c(N)noc1-c1cc(Cl)ccc1I. The van der Waals surface area contributed by atoms with Crippen LogP contribution in [0.15, 0.2) is 22.7 Å². The van der Waals surface area contributed by atoms with Crippen molar-refractivity contribution < 1.29 is 4.52 Å². The molecule has 2 rings (SSSR count). The molecule has 5 heteroatoms. The monoisotopic (exact) mass is 334 g/mol. The van der Waals surface area contributed by atoms with Crippen LogP contribution in [0.2, 0.25) is 5.02 Å². The van der Waals surface area contributed by atoms with Crippen molar-refractivity contribution in [3.63, 3.8) is 0 Å². The van der Waals surface area contributed by atoms with Gasteiger partial charge >= 0.3 is 0 Å². The van der Waals surface area contributed by atoms with Gasteiger partial charge in [0.2, 0.25) is 0 Å². The summed E-state index contributed by atoms with van der Waals surface area (Å²) in [5.41, 5.74) is 7.39. The molecule has 0 amide bonds. The van der Waals surface area contributed by atoms with Gasteiger partial charge in [-0.05, 0) is 47.7 Å². The summed E-state index contributed by atoms with van der Waals surface area (Å²) in [6, 6.07) is 5.61. The van der Waals surface area contributed by atoms with Gasteiger partial charge in [-0.2, -0.15) is 0 Å². The molecule has 15 heavy (non-hydrogen) atoms. The maximum atomic E-state index is 5.93. The van der Waals surface area contributed by atoms with E-state index >= 15 is 0 Å². The predicted octanol–water partition coefficient (Wildman–Crippen LogP) is 3.49. The average Bonchev–Trinajstić information content (AvgIpc) is 2.52. The van der Waals surface area contributed by atoms with Crippen LogP contribution in [0, 0.1) is 10.5 Å². The zero-order chi connectivity index (χ0) is 11.0. The van der Waals surface area contributed by atoms with Crippen LogP contribution in [0.3, 0.4) is 0 Å². The van der Waals surface area contributed by atoms with Gasteiger partial charge < -0.3 is 10.3 Å². The molecule has 0 saturated heterocycles. The van der Waals surface area contributed by atoms with Crippen molar-refractivity contribution in [3.05, 3.63) is 32.4 Å². The van der Waals surface area contributed by atoms with Crippen molar-refractivity contribution in [2.24, 2.45) is 0 Å². The largest absolute Gasteiger partial charge is 0.381 e. The molecule has 3 nitrogen and oxygen atoms in total. The van der Waals surface area contributed by atoms with E-state index in [1.807, 2.05) is 25.1 Å². The minimum Gasteiger partial charge on any atom is -0.381 e. The van der Waals surface area contributed by atoms with Crippen LogP contribution in [0.4, 0.5) is 5.82 Å². The number of aromatic nitrogens is 1. The number of hydrogen-bond acceptors (Lipinski definition) is 3. The van der Waals surface area contributed by atoms with Crippen LogP contribution in [0.5, 0.6) is 0 Å². The Morgan fingerprint density at radius 2 is 2.20 bits per heavy atom. The van der Waals surface area contributed by atoms with Crippen LogP contribution in [0.1, 0.15) is 5.56 Å². The van der Waals surface area contributed by atoms with E-state index in [2.05, 4.69) is 27.7 Å². The first-order chi connectivity index (χ1) is 7.09. The smallest absolute Gasteiger partial charge is 0.173 e. The van der Waals surface area contributed by atoms with E-state index < -0.39 is 0 Å². The third-order valence-electron chi connectivity index (χ3n) is 2.13. The molecule has 1 heterocycles. The lowest BCUT2D eigenvalue weighted by atomic mass is 10.1. The Bertz CT molecular complexity index is 510. The average molecular weight is 335 g/mol. The van der Waals surface area contributed by atoms with Gasteiger partial charge in [-0.1, -0.05) is 16.8 Å². The second-order valence-electron chi connectivity index (χ2n) is 3.15. The Labute approximate surface area is 106 Å². The Balaban J connectivity index is 2.63. The first kappa shape index (κ1) is 10.8. The van der Waals surface area contributed by atoms with Gasteiger partial charge in [0.1, 0.15) is 0 Å². The molecule has 0 radical (unpaired) electrons. The lowest BCUT2D eigenvalue weighted by Crippen LogP contribution is -1.87. The summed E-state index contributed by atoms with van der Waals surface area (Å²) >= 11 is 8.15. The topological polar surface area (TPSA) is 52.0 Å². The number of benzene rings is 1. The molecule has 0 atom stereocenters. The van der Waals surface area contributed by atoms with Crippen molar-refractivity contribution in [2.45, 2.75) is 6.92 Å². The summed E-state index contributed by atoms with van der Waals surface area (Å²) < 4.78 is 6.23. The van der Waals surface area contributed by atoms with Gasteiger partial charge in [-0.3, -0.25) is 0 Å². The maximum absolute atomic E-state index is 5.93. The van der Waals surface area contributed by atoms with Crippen LogP contribution in [-0.2, 0) is 0 Å². The third kappa shape index (κ3) is 1.96. The second-order valence-corrected chi connectivity index (χ2v) is 4.74. The van der Waals surface area contributed by atoms with Crippen LogP contribution >= 0.6 is 34.2 Å². The van der Waals surface area contributed by atoms with Crippen LogP contribution in [0.25, 0.3) is 11.3 Å². The number of nitrogens with zero attached hydrogens (tertiary/aromatic N) is 1. The number of nitrogen functional groups attached to an aromatic ring is 1. The van der Waals surface area contributed by atoms with E-state index in [4.69, 9.17) is 21.9 Å². The fraction of sp³-hybridized carbons (Fsp3) is 0.100. The Hall–Kier alpha value is -0.750. The minimum atomic E-state index is 0.417. The molecule has 0 unspecified atom stereocenters. The Morgan fingerprint density at radius 3 is 2.80 bits per heavy atom. The summed E-state index contributed by atoms with van der Waals surface area (Å²) in [6.07, 6.45) is 0. The fourth-order valence-electron chi connectivity index (χ4n) is 1.27. The summed E-state index contributed by atoms with van der Waals surface area (Å²) in [5.74, 6) is 1.10. The van der Waals surface area contributed by atoms with Gasteiger partial charge in [-0.25, -0.2) is 0 Å². The number of rotatable bonds is 1. The van der Waals surface area contributed by atoms with Crippen LogP contribution in [-0.4, -0.2) is 5.16 Å². The zero-order valence-electron chi connectivity index (χ0n) is 7.92. The number of anilines is 1. The summed E-state index contributed by atoms with van der Waals surface area (Å²) in [5, 5.41) is 4.39. The minimum absolute atomic E-state index is 0.417. The normalized spacial score (nSPS) is 10.6. The highest BCUT2D eigenvalue weighted by Gasteiger charge is 2.14. The first-order valence-electron chi connectivity index (χ1n) is 4.26. The Kier molecular flexibility index (Phi) is 2.88. The van der Waals surface area contributed by atoms with Gasteiger partial charge in [-0.15, -0.1) is 0 Å². The number of halogens is 2. The molecule has 0 fully saturated rings. The lowest BCUT2D eigenvalue weighted by Gasteiger charge is -2.01. The first-order valence-corrected chi connectivity index (χ1v) is 5.72. The molecule has 0 saturated carbocycles. The maximum Gasteiger partial charge on any atom is 0.173 e. The lowest BCUT2D eigenvalue weighted by molar-refractivity contribution is 0.435.